The molecule has 13 heavy (non-hydrogen) atoms. The van der Waals surface area contributed by atoms with Crippen LogP contribution < -0.4 is 10.5 Å². The molecule has 0 aromatic carbocycles. The molecule has 0 saturated carbocycles. The Morgan fingerprint density at radius 1 is 1.62 bits per heavy atom. The van der Waals surface area contributed by atoms with E-state index in [1.807, 2.05) is 6.92 Å². The second kappa shape index (κ2) is 4.28. The predicted molar refractivity (Wildman–Crippen MR) is 49.9 cm³/mol. The van der Waals surface area contributed by atoms with Crippen LogP contribution in [0.3, 0.4) is 0 Å². The van der Waals surface area contributed by atoms with E-state index < -0.39 is 0 Å². The minimum atomic E-state index is 0.339. The average molecular weight is 184 g/mol. The maximum absolute atomic E-state index is 5.49. The van der Waals surface area contributed by atoms with Gasteiger partial charge in [0, 0.05) is 0 Å². The summed E-state index contributed by atoms with van der Waals surface area (Å²) in [6.45, 7) is 4.64. The number of ether oxygens (including phenoxy) is 1. The summed E-state index contributed by atoms with van der Waals surface area (Å²) < 4.78 is 10.1. The smallest absolute Gasteiger partial charge is 0.257 e. The second-order valence-electron chi connectivity index (χ2n) is 3.14. The molecule has 74 valence electrons. The maximum atomic E-state index is 5.49. The van der Waals surface area contributed by atoms with E-state index in [0.29, 0.717) is 18.3 Å². The highest BCUT2D eigenvalue weighted by Gasteiger charge is 2.18. The van der Waals surface area contributed by atoms with Crippen LogP contribution in [-0.4, -0.2) is 18.8 Å². The Morgan fingerprint density at radius 3 is 2.85 bits per heavy atom. The van der Waals surface area contributed by atoms with Gasteiger partial charge in [-0.25, -0.2) is 0 Å². The number of nitrogens with two attached hydrogens (primary N) is 1. The van der Waals surface area contributed by atoms with Crippen molar-refractivity contribution >= 4 is 0 Å². The van der Waals surface area contributed by atoms with Crippen LogP contribution in [0.25, 0.3) is 0 Å². The number of nitrogens with zero attached hydrogens (tertiary/aromatic N) is 1. The van der Waals surface area contributed by atoms with Crippen LogP contribution in [0.15, 0.2) is 4.52 Å². The molecule has 1 atom stereocenters. The molecule has 0 bridgehead atoms. The number of rotatable bonds is 4. The van der Waals surface area contributed by atoms with E-state index in [1.54, 1.807) is 7.11 Å². The van der Waals surface area contributed by atoms with E-state index in [4.69, 9.17) is 15.0 Å². The number of aromatic nitrogens is 1. The second-order valence-corrected chi connectivity index (χ2v) is 3.14. The largest absolute Gasteiger partial charge is 0.479 e. The molecule has 0 aliphatic rings. The minimum absolute atomic E-state index is 0.339. The van der Waals surface area contributed by atoms with Crippen LogP contribution in [0.4, 0.5) is 0 Å². The van der Waals surface area contributed by atoms with E-state index >= 15 is 0 Å². The van der Waals surface area contributed by atoms with Gasteiger partial charge in [0.15, 0.2) is 0 Å². The van der Waals surface area contributed by atoms with Gasteiger partial charge in [-0.15, -0.1) is 0 Å². The van der Waals surface area contributed by atoms with Crippen molar-refractivity contribution in [2.45, 2.75) is 26.2 Å². The first-order chi connectivity index (χ1) is 6.20. The van der Waals surface area contributed by atoms with Crippen molar-refractivity contribution in [3.63, 3.8) is 0 Å². The predicted octanol–water partition coefficient (Wildman–Crippen LogP) is 1.44. The molecule has 0 spiro atoms. The van der Waals surface area contributed by atoms with E-state index in [2.05, 4.69) is 12.1 Å². The van der Waals surface area contributed by atoms with Gasteiger partial charge in [-0.2, -0.15) is 0 Å². The lowest BCUT2D eigenvalue weighted by atomic mass is 9.98. The molecule has 0 radical (unpaired) electrons. The van der Waals surface area contributed by atoms with Crippen molar-refractivity contribution in [3.8, 4) is 5.88 Å². The SMILES string of the molecule is COc1noc(C)c1C(C)CCN. The Balaban J connectivity index is 2.89. The fourth-order valence-electron chi connectivity index (χ4n) is 1.46. The highest BCUT2D eigenvalue weighted by Crippen LogP contribution is 2.30. The molecule has 1 unspecified atom stereocenters. The standard InChI is InChI=1S/C9H16N2O2/c1-6(4-5-10)8-7(2)13-11-9(8)12-3/h6H,4-5,10H2,1-3H3. The van der Waals surface area contributed by atoms with Crippen molar-refractivity contribution < 1.29 is 9.26 Å². The van der Waals surface area contributed by atoms with Crippen molar-refractivity contribution in [1.29, 1.82) is 0 Å². The third-order valence-corrected chi connectivity index (χ3v) is 2.16. The van der Waals surface area contributed by atoms with Gasteiger partial charge < -0.3 is 15.0 Å². The van der Waals surface area contributed by atoms with Gasteiger partial charge in [-0.3, -0.25) is 0 Å². The molecule has 4 heteroatoms. The van der Waals surface area contributed by atoms with E-state index in [0.717, 1.165) is 17.7 Å². The normalized spacial score (nSPS) is 12.9. The van der Waals surface area contributed by atoms with Crippen molar-refractivity contribution in [1.82, 2.24) is 5.16 Å². The first-order valence-corrected chi connectivity index (χ1v) is 4.41. The Bertz CT molecular complexity index is 271. The molecular weight excluding hydrogens is 168 g/mol. The van der Waals surface area contributed by atoms with E-state index in [-0.39, 0.29) is 0 Å². The summed E-state index contributed by atoms with van der Waals surface area (Å²) in [5.74, 6) is 1.74. The van der Waals surface area contributed by atoms with Gasteiger partial charge in [0.05, 0.1) is 12.7 Å². The molecular formula is C9H16N2O2. The third-order valence-electron chi connectivity index (χ3n) is 2.16. The summed E-state index contributed by atoms with van der Waals surface area (Å²) in [4.78, 5) is 0. The molecule has 0 saturated heterocycles. The topological polar surface area (TPSA) is 61.3 Å². The molecule has 0 aliphatic carbocycles. The molecule has 0 aliphatic heterocycles. The van der Waals surface area contributed by atoms with Crippen LogP contribution in [0.2, 0.25) is 0 Å². The summed E-state index contributed by atoms with van der Waals surface area (Å²) >= 11 is 0. The molecule has 1 rings (SSSR count). The van der Waals surface area contributed by atoms with Gasteiger partial charge in [0.2, 0.25) is 0 Å². The molecule has 1 aromatic heterocycles. The fraction of sp³-hybridized carbons (Fsp3) is 0.667. The molecule has 1 heterocycles. The lowest BCUT2D eigenvalue weighted by Gasteiger charge is -2.08. The van der Waals surface area contributed by atoms with E-state index in [1.165, 1.54) is 0 Å². The zero-order chi connectivity index (χ0) is 9.84. The van der Waals surface area contributed by atoms with Crippen LogP contribution in [0.5, 0.6) is 5.88 Å². The average Bonchev–Trinajstić information content (AvgIpc) is 2.47. The van der Waals surface area contributed by atoms with Crippen molar-refractivity contribution in [2.75, 3.05) is 13.7 Å². The Labute approximate surface area is 78.0 Å². The Hall–Kier alpha value is -1.03. The fourth-order valence-corrected chi connectivity index (χ4v) is 1.46. The molecule has 0 amide bonds. The zero-order valence-electron chi connectivity index (χ0n) is 8.33. The number of methoxy groups -OCH3 is 1. The van der Waals surface area contributed by atoms with Gasteiger partial charge in [0.25, 0.3) is 5.88 Å². The first kappa shape index (κ1) is 10.1. The lowest BCUT2D eigenvalue weighted by molar-refractivity contribution is 0.331. The minimum Gasteiger partial charge on any atom is -0.479 e. The van der Waals surface area contributed by atoms with Crippen LogP contribution in [0.1, 0.15) is 30.6 Å². The lowest BCUT2D eigenvalue weighted by Crippen LogP contribution is -2.05. The summed E-state index contributed by atoms with van der Waals surface area (Å²) in [5, 5.41) is 3.80. The molecule has 2 N–H and O–H groups in total. The van der Waals surface area contributed by atoms with Crippen molar-refractivity contribution in [2.24, 2.45) is 5.73 Å². The van der Waals surface area contributed by atoms with Gasteiger partial charge in [0.1, 0.15) is 5.76 Å². The molecule has 1 aromatic rings. The van der Waals surface area contributed by atoms with Gasteiger partial charge >= 0.3 is 0 Å². The highest BCUT2D eigenvalue weighted by atomic mass is 16.5. The Kier molecular flexibility index (Phi) is 3.31. The summed E-state index contributed by atoms with van der Waals surface area (Å²) in [6, 6.07) is 0. The van der Waals surface area contributed by atoms with Gasteiger partial charge in [-0.05, 0) is 31.0 Å². The van der Waals surface area contributed by atoms with E-state index in [9.17, 15) is 0 Å². The quantitative estimate of drug-likeness (QED) is 0.769. The summed E-state index contributed by atoms with van der Waals surface area (Å²) in [6.07, 6.45) is 0.915. The molecule has 0 fully saturated rings. The third kappa shape index (κ3) is 2.01. The summed E-state index contributed by atoms with van der Waals surface area (Å²) in [5.41, 5.74) is 6.52. The number of hydrogen-bond acceptors (Lipinski definition) is 4. The van der Waals surface area contributed by atoms with Crippen molar-refractivity contribution in [3.05, 3.63) is 11.3 Å². The summed E-state index contributed by atoms with van der Waals surface area (Å²) in [7, 11) is 1.59. The first-order valence-electron chi connectivity index (χ1n) is 4.41. The van der Waals surface area contributed by atoms with Gasteiger partial charge in [-0.1, -0.05) is 6.92 Å². The number of aryl methyl sites for hydroxylation is 1. The molecule has 4 nitrogen and oxygen atoms in total. The van der Waals surface area contributed by atoms with Crippen LogP contribution in [-0.2, 0) is 0 Å². The number of hydrogen-bond donors (Lipinski definition) is 1. The van der Waals surface area contributed by atoms with Crippen LogP contribution >= 0.6 is 0 Å². The highest BCUT2D eigenvalue weighted by molar-refractivity contribution is 5.30. The Morgan fingerprint density at radius 2 is 2.31 bits per heavy atom. The van der Waals surface area contributed by atoms with Crippen LogP contribution in [0, 0.1) is 6.92 Å². The monoisotopic (exact) mass is 184 g/mol. The zero-order valence-corrected chi connectivity index (χ0v) is 8.33. The maximum Gasteiger partial charge on any atom is 0.257 e.